The highest BCUT2D eigenvalue weighted by atomic mass is 35.5. The fourth-order valence-corrected chi connectivity index (χ4v) is 2.75. The first kappa shape index (κ1) is 13.4. The lowest BCUT2D eigenvalue weighted by Crippen LogP contribution is -2.29. The van der Waals surface area contributed by atoms with Gasteiger partial charge in [-0.25, -0.2) is 0 Å². The van der Waals surface area contributed by atoms with Gasteiger partial charge in [0.05, 0.1) is 16.3 Å². The van der Waals surface area contributed by atoms with Gasteiger partial charge in [0, 0.05) is 18.7 Å². The number of hydrogen-bond acceptors (Lipinski definition) is 3. The second-order valence-electron chi connectivity index (χ2n) is 5.13. The second kappa shape index (κ2) is 5.29. The van der Waals surface area contributed by atoms with Gasteiger partial charge in [0.15, 0.2) is 6.29 Å². The third-order valence-corrected chi connectivity index (χ3v) is 3.83. The molecule has 1 heterocycles. The average Bonchev–Trinajstić information content (AvgIpc) is 2.50. The van der Waals surface area contributed by atoms with E-state index < -0.39 is 5.60 Å². The number of carbonyl (C=O) groups excluding carboxylic acids is 1. The second-order valence-corrected chi connectivity index (χ2v) is 5.54. The Morgan fingerprint density at radius 2 is 2.17 bits per heavy atom. The summed E-state index contributed by atoms with van der Waals surface area (Å²) in [7, 11) is 0. The average molecular weight is 268 g/mol. The van der Waals surface area contributed by atoms with Crippen LogP contribution in [0.5, 0.6) is 0 Å². The number of rotatable bonds is 2. The molecule has 1 aromatic carbocycles. The van der Waals surface area contributed by atoms with Gasteiger partial charge < -0.3 is 10.0 Å². The molecule has 2 rings (SSSR count). The first-order chi connectivity index (χ1) is 8.53. The van der Waals surface area contributed by atoms with Gasteiger partial charge >= 0.3 is 0 Å². The number of para-hydroxylation sites is 1. The topological polar surface area (TPSA) is 40.5 Å². The van der Waals surface area contributed by atoms with Crippen molar-refractivity contribution in [1.29, 1.82) is 0 Å². The molecule has 0 radical (unpaired) electrons. The van der Waals surface area contributed by atoms with E-state index in [0.29, 0.717) is 17.0 Å². The van der Waals surface area contributed by atoms with Crippen LogP contribution in [-0.2, 0) is 0 Å². The molecule has 0 saturated carbocycles. The number of hydrogen-bond donors (Lipinski definition) is 1. The van der Waals surface area contributed by atoms with Gasteiger partial charge in [0.25, 0.3) is 0 Å². The molecule has 1 aliphatic rings. The predicted octanol–water partition coefficient (Wildman–Crippen LogP) is 2.89. The Morgan fingerprint density at radius 1 is 1.39 bits per heavy atom. The van der Waals surface area contributed by atoms with Gasteiger partial charge in [-0.05, 0) is 38.3 Å². The Morgan fingerprint density at radius 3 is 2.89 bits per heavy atom. The zero-order chi connectivity index (χ0) is 13.2. The molecule has 1 aliphatic heterocycles. The van der Waals surface area contributed by atoms with Crippen molar-refractivity contribution in [3.63, 3.8) is 0 Å². The molecule has 1 aromatic rings. The van der Waals surface area contributed by atoms with E-state index in [1.165, 1.54) is 0 Å². The number of nitrogens with zero attached hydrogens (tertiary/aromatic N) is 1. The summed E-state index contributed by atoms with van der Waals surface area (Å²) in [4.78, 5) is 13.2. The van der Waals surface area contributed by atoms with E-state index in [9.17, 15) is 9.90 Å². The molecule has 1 atom stereocenters. The van der Waals surface area contributed by atoms with Crippen LogP contribution in [0.4, 0.5) is 5.69 Å². The SMILES string of the molecule is CC1(O)CCCN(c2c(Cl)cccc2C=O)CC1. The highest BCUT2D eigenvalue weighted by Crippen LogP contribution is 2.32. The number of carbonyl (C=O) groups is 1. The fraction of sp³-hybridized carbons (Fsp3) is 0.500. The Balaban J connectivity index is 2.29. The van der Waals surface area contributed by atoms with Gasteiger partial charge in [-0.3, -0.25) is 4.79 Å². The zero-order valence-electron chi connectivity index (χ0n) is 10.5. The molecule has 0 bridgehead atoms. The summed E-state index contributed by atoms with van der Waals surface area (Å²) in [6.45, 7) is 3.40. The molecule has 0 spiro atoms. The van der Waals surface area contributed by atoms with E-state index in [2.05, 4.69) is 4.90 Å². The number of anilines is 1. The van der Waals surface area contributed by atoms with Crippen LogP contribution in [0.2, 0.25) is 5.02 Å². The molecule has 18 heavy (non-hydrogen) atoms. The van der Waals surface area contributed by atoms with Crippen molar-refractivity contribution in [2.24, 2.45) is 0 Å². The zero-order valence-corrected chi connectivity index (χ0v) is 11.3. The normalized spacial score (nSPS) is 24.7. The van der Waals surface area contributed by atoms with Crippen molar-refractivity contribution in [3.05, 3.63) is 28.8 Å². The first-order valence-corrected chi connectivity index (χ1v) is 6.62. The molecule has 1 saturated heterocycles. The smallest absolute Gasteiger partial charge is 0.152 e. The maximum atomic E-state index is 11.1. The van der Waals surface area contributed by atoms with E-state index in [0.717, 1.165) is 37.9 Å². The van der Waals surface area contributed by atoms with Crippen molar-refractivity contribution in [1.82, 2.24) is 0 Å². The third-order valence-electron chi connectivity index (χ3n) is 3.52. The Bertz CT molecular complexity index is 445. The van der Waals surface area contributed by atoms with Crippen LogP contribution >= 0.6 is 11.6 Å². The fourth-order valence-electron chi connectivity index (χ4n) is 2.45. The number of benzene rings is 1. The monoisotopic (exact) mass is 267 g/mol. The van der Waals surface area contributed by atoms with Crippen LogP contribution < -0.4 is 4.90 Å². The minimum atomic E-state index is -0.614. The lowest BCUT2D eigenvalue weighted by molar-refractivity contribution is 0.0481. The summed E-state index contributed by atoms with van der Waals surface area (Å²) in [6.07, 6.45) is 3.21. The van der Waals surface area contributed by atoms with E-state index in [1.807, 2.05) is 6.92 Å². The van der Waals surface area contributed by atoms with Crippen molar-refractivity contribution in [2.45, 2.75) is 31.8 Å². The molecule has 1 N–H and O–H groups in total. The molecule has 0 amide bonds. The largest absolute Gasteiger partial charge is 0.390 e. The summed E-state index contributed by atoms with van der Waals surface area (Å²) in [5.41, 5.74) is 0.799. The highest BCUT2D eigenvalue weighted by molar-refractivity contribution is 6.33. The quantitative estimate of drug-likeness (QED) is 0.838. The third kappa shape index (κ3) is 2.85. The van der Waals surface area contributed by atoms with Crippen LogP contribution in [0.15, 0.2) is 18.2 Å². The molecule has 3 nitrogen and oxygen atoms in total. The summed E-state index contributed by atoms with van der Waals surface area (Å²) in [5, 5.41) is 10.7. The van der Waals surface area contributed by atoms with Gasteiger partial charge in [-0.15, -0.1) is 0 Å². The van der Waals surface area contributed by atoms with Gasteiger partial charge in [-0.2, -0.15) is 0 Å². The molecular formula is C14H18ClNO2. The minimum Gasteiger partial charge on any atom is -0.390 e. The van der Waals surface area contributed by atoms with Crippen LogP contribution in [-0.4, -0.2) is 30.1 Å². The van der Waals surface area contributed by atoms with Crippen LogP contribution in [0.25, 0.3) is 0 Å². The maximum absolute atomic E-state index is 11.1. The lowest BCUT2D eigenvalue weighted by atomic mass is 9.98. The predicted molar refractivity (Wildman–Crippen MR) is 73.5 cm³/mol. The van der Waals surface area contributed by atoms with Gasteiger partial charge in [0.1, 0.15) is 0 Å². The van der Waals surface area contributed by atoms with Crippen molar-refractivity contribution < 1.29 is 9.90 Å². The summed E-state index contributed by atoms with van der Waals surface area (Å²) >= 11 is 6.20. The molecule has 98 valence electrons. The molecule has 1 unspecified atom stereocenters. The first-order valence-electron chi connectivity index (χ1n) is 6.24. The Kier molecular flexibility index (Phi) is 3.93. The number of aldehydes is 1. The molecular weight excluding hydrogens is 250 g/mol. The molecule has 0 aliphatic carbocycles. The van der Waals surface area contributed by atoms with Crippen molar-refractivity contribution in [3.8, 4) is 0 Å². The standard InChI is InChI=1S/C14H18ClNO2/c1-14(18)6-3-8-16(9-7-14)13-11(10-17)4-2-5-12(13)15/h2,4-5,10,18H,3,6-9H2,1H3. The Labute approximate surface area is 112 Å². The lowest BCUT2D eigenvalue weighted by Gasteiger charge is -2.26. The number of aliphatic hydroxyl groups is 1. The summed E-state index contributed by atoms with van der Waals surface area (Å²) in [6, 6.07) is 5.35. The Hall–Kier alpha value is -1.06. The maximum Gasteiger partial charge on any atom is 0.152 e. The number of halogens is 1. The van der Waals surface area contributed by atoms with Gasteiger partial charge in [-0.1, -0.05) is 17.7 Å². The summed E-state index contributed by atoms with van der Waals surface area (Å²) in [5.74, 6) is 0. The van der Waals surface area contributed by atoms with E-state index >= 15 is 0 Å². The van der Waals surface area contributed by atoms with Crippen LogP contribution in [0.3, 0.4) is 0 Å². The van der Waals surface area contributed by atoms with Crippen LogP contribution in [0.1, 0.15) is 36.5 Å². The molecule has 1 fully saturated rings. The molecule has 0 aromatic heterocycles. The van der Waals surface area contributed by atoms with Gasteiger partial charge in [0.2, 0.25) is 0 Å². The van der Waals surface area contributed by atoms with Crippen LogP contribution in [0, 0.1) is 0 Å². The van der Waals surface area contributed by atoms with Crippen molar-refractivity contribution >= 4 is 23.6 Å². The highest BCUT2D eigenvalue weighted by Gasteiger charge is 2.26. The summed E-state index contributed by atoms with van der Waals surface area (Å²) < 4.78 is 0. The van der Waals surface area contributed by atoms with Crippen molar-refractivity contribution in [2.75, 3.05) is 18.0 Å². The van der Waals surface area contributed by atoms with E-state index in [1.54, 1.807) is 18.2 Å². The molecule has 4 heteroatoms. The minimum absolute atomic E-state index is 0.598. The van der Waals surface area contributed by atoms with E-state index in [4.69, 9.17) is 11.6 Å². The van der Waals surface area contributed by atoms with E-state index in [-0.39, 0.29) is 0 Å².